The van der Waals surface area contributed by atoms with Gasteiger partial charge in [-0.1, -0.05) is 24.3 Å². The number of carbonyl (C=O) groups excluding carboxylic acids is 2. The molecule has 6 rings (SSSR count). The molecular weight excluding hydrogens is 403 g/mol. The van der Waals surface area contributed by atoms with Crippen molar-refractivity contribution in [3.05, 3.63) is 45.6 Å². The zero-order chi connectivity index (χ0) is 15.7. The van der Waals surface area contributed by atoms with Crippen molar-refractivity contribution in [2.45, 2.75) is 6.42 Å². The maximum Gasteiger partial charge on any atom is 0.254 e. The molecule has 4 aliphatic carbocycles. The van der Waals surface area contributed by atoms with E-state index in [1.165, 1.54) is 6.42 Å². The Morgan fingerprint density at radius 2 is 1.74 bits per heavy atom. The Labute approximate surface area is 147 Å². The molecule has 0 unspecified atom stereocenters. The van der Waals surface area contributed by atoms with Gasteiger partial charge in [0, 0.05) is 3.57 Å². The molecule has 1 aliphatic heterocycles. The number of halogens is 1. The number of hydrogen-bond donors (Lipinski definition) is 0. The van der Waals surface area contributed by atoms with E-state index in [1.807, 2.05) is 24.3 Å². The van der Waals surface area contributed by atoms with Crippen LogP contribution in [0.15, 0.2) is 41.5 Å². The minimum absolute atomic E-state index is 0.105. The molecule has 1 saturated heterocycles. The summed E-state index contributed by atoms with van der Waals surface area (Å²) in [6.45, 7) is 0. The molecule has 6 atom stereocenters. The molecule has 2 bridgehead atoms. The molecule has 23 heavy (non-hydrogen) atoms. The number of hydrazone groups is 1. The molecule has 0 N–H and O–H groups in total. The van der Waals surface area contributed by atoms with E-state index in [1.54, 1.807) is 6.21 Å². The van der Waals surface area contributed by atoms with E-state index in [0.717, 1.165) is 14.1 Å². The lowest BCUT2D eigenvalue weighted by atomic mass is 9.63. The highest BCUT2D eigenvalue weighted by Crippen LogP contribution is 2.65. The Balaban J connectivity index is 1.45. The fourth-order valence-electron chi connectivity index (χ4n) is 4.77. The van der Waals surface area contributed by atoms with Crippen LogP contribution in [0.3, 0.4) is 0 Å². The molecule has 1 aromatic rings. The first-order valence-corrected chi connectivity index (χ1v) is 9.09. The zero-order valence-electron chi connectivity index (χ0n) is 12.3. The molecule has 0 spiro atoms. The van der Waals surface area contributed by atoms with E-state index < -0.39 is 0 Å². The van der Waals surface area contributed by atoms with Crippen molar-refractivity contribution in [2.75, 3.05) is 0 Å². The summed E-state index contributed by atoms with van der Waals surface area (Å²) in [5.74, 6) is 1.21. The van der Waals surface area contributed by atoms with Crippen LogP contribution in [0.4, 0.5) is 0 Å². The van der Waals surface area contributed by atoms with Crippen molar-refractivity contribution in [2.24, 2.45) is 40.6 Å². The van der Waals surface area contributed by atoms with Gasteiger partial charge in [-0.2, -0.15) is 10.1 Å². The molecule has 5 aliphatic rings. The van der Waals surface area contributed by atoms with Crippen molar-refractivity contribution in [3.63, 3.8) is 0 Å². The summed E-state index contributed by atoms with van der Waals surface area (Å²) >= 11 is 2.23. The predicted molar refractivity (Wildman–Crippen MR) is 93.3 cm³/mol. The van der Waals surface area contributed by atoms with Crippen molar-refractivity contribution in [1.29, 1.82) is 0 Å². The molecule has 2 saturated carbocycles. The van der Waals surface area contributed by atoms with Gasteiger partial charge in [-0.05, 0) is 70.4 Å². The van der Waals surface area contributed by atoms with Crippen LogP contribution in [-0.2, 0) is 9.59 Å². The van der Waals surface area contributed by atoms with Gasteiger partial charge in [0.05, 0.1) is 18.1 Å². The largest absolute Gasteiger partial charge is 0.272 e. The number of nitrogens with zero attached hydrogens (tertiary/aromatic N) is 2. The second-order valence-corrected chi connectivity index (χ2v) is 8.19. The van der Waals surface area contributed by atoms with Crippen molar-refractivity contribution < 1.29 is 9.59 Å². The number of imide groups is 1. The normalized spacial score (nSPS) is 40.0. The Bertz CT molecular complexity index is 751. The van der Waals surface area contributed by atoms with Gasteiger partial charge < -0.3 is 0 Å². The molecule has 3 fully saturated rings. The topological polar surface area (TPSA) is 49.7 Å². The maximum atomic E-state index is 12.7. The minimum Gasteiger partial charge on any atom is -0.272 e. The van der Waals surface area contributed by atoms with E-state index in [0.29, 0.717) is 11.8 Å². The number of benzene rings is 1. The smallest absolute Gasteiger partial charge is 0.254 e. The van der Waals surface area contributed by atoms with Gasteiger partial charge in [0.1, 0.15) is 0 Å². The number of hydrogen-bond acceptors (Lipinski definition) is 3. The van der Waals surface area contributed by atoms with Crippen molar-refractivity contribution in [1.82, 2.24) is 5.01 Å². The van der Waals surface area contributed by atoms with Crippen molar-refractivity contribution >= 4 is 40.6 Å². The number of allylic oxidation sites excluding steroid dienone is 2. The fraction of sp³-hybridized carbons (Fsp3) is 0.389. The van der Waals surface area contributed by atoms with Crippen LogP contribution in [0.25, 0.3) is 0 Å². The SMILES string of the molecule is O=C1[C@@H]2[C@H]3C=C[C@@H]([C@@H]4C[C@@H]34)[C@@H]2C(=O)N1N=Cc1cccc(I)c1. The summed E-state index contributed by atoms with van der Waals surface area (Å²) in [7, 11) is 0. The molecule has 1 heterocycles. The lowest BCUT2D eigenvalue weighted by Crippen LogP contribution is -2.40. The van der Waals surface area contributed by atoms with Gasteiger partial charge in [0.25, 0.3) is 11.8 Å². The first kappa shape index (κ1) is 13.9. The lowest BCUT2D eigenvalue weighted by Gasteiger charge is -2.37. The zero-order valence-corrected chi connectivity index (χ0v) is 14.5. The minimum atomic E-state index is -0.172. The van der Waals surface area contributed by atoms with E-state index in [9.17, 15) is 9.59 Å². The number of rotatable bonds is 2. The van der Waals surface area contributed by atoms with E-state index in [2.05, 4.69) is 39.8 Å². The molecule has 1 aromatic carbocycles. The second-order valence-electron chi connectivity index (χ2n) is 6.94. The van der Waals surface area contributed by atoms with Gasteiger partial charge in [-0.3, -0.25) is 9.59 Å². The van der Waals surface area contributed by atoms with Gasteiger partial charge in [-0.25, -0.2) is 0 Å². The second kappa shape index (κ2) is 4.75. The third-order valence-electron chi connectivity index (χ3n) is 5.81. The Morgan fingerprint density at radius 3 is 2.35 bits per heavy atom. The molecule has 5 heteroatoms. The fourth-order valence-corrected chi connectivity index (χ4v) is 5.33. The lowest BCUT2D eigenvalue weighted by molar-refractivity contribution is -0.140. The third kappa shape index (κ3) is 1.92. The standard InChI is InChI=1S/C18H15IN2O2/c19-10-3-1-2-9(6-10)8-20-21-17(22)15-11-4-5-12(14-7-13(11)14)16(15)18(21)23/h1-6,8,11-16H,7H2/t11-,12-,13-,14-,15-,16+/m0/s1. The van der Waals surface area contributed by atoms with Crippen LogP contribution in [0.2, 0.25) is 0 Å². The van der Waals surface area contributed by atoms with Gasteiger partial charge in [-0.15, -0.1) is 0 Å². The first-order chi connectivity index (χ1) is 11.1. The first-order valence-electron chi connectivity index (χ1n) is 8.01. The van der Waals surface area contributed by atoms with Crippen LogP contribution < -0.4 is 0 Å². The molecular formula is C18H15IN2O2. The van der Waals surface area contributed by atoms with Crippen LogP contribution in [0.5, 0.6) is 0 Å². The summed E-state index contributed by atoms with van der Waals surface area (Å²) < 4.78 is 1.10. The monoisotopic (exact) mass is 418 g/mol. The number of carbonyl (C=O) groups is 2. The Hall–Kier alpha value is -1.50. The highest BCUT2D eigenvalue weighted by molar-refractivity contribution is 14.1. The van der Waals surface area contributed by atoms with E-state index >= 15 is 0 Å². The Kier molecular flexibility index (Phi) is 2.87. The highest BCUT2D eigenvalue weighted by Gasteiger charge is 2.67. The maximum absolute atomic E-state index is 12.7. The molecule has 2 amide bonds. The highest BCUT2D eigenvalue weighted by atomic mass is 127. The Morgan fingerprint density at radius 1 is 1.09 bits per heavy atom. The summed E-state index contributed by atoms with van der Waals surface area (Å²) in [5.41, 5.74) is 0.899. The van der Waals surface area contributed by atoms with Gasteiger partial charge >= 0.3 is 0 Å². The summed E-state index contributed by atoms with van der Waals surface area (Å²) in [5, 5.41) is 5.37. The summed E-state index contributed by atoms with van der Waals surface area (Å²) in [6, 6.07) is 7.83. The van der Waals surface area contributed by atoms with Crippen molar-refractivity contribution in [3.8, 4) is 0 Å². The van der Waals surface area contributed by atoms with E-state index in [4.69, 9.17) is 0 Å². The van der Waals surface area contributed by atoms with Gasteiger partial charge in [0.15, 0.2) is 0 Å². The van der Waals surface area contributed by atoms with Crippen LogP contribution in [-0.4, -0.2) is 23.0 Å². The predicted octanol–water partition coefficient (Wildman–Crippen LogP) is 2.68. The average molecular weight is 418 g/mol. The molecule has 116 valence electrons. The third-order valence-corrected chi connectivity index (χ3v) is 6.48. The van der Waals surface area contributed by atoms with Crippen LogP contribution in [0.1, 0.15) is 12.0 Å². The average Bonchev–Trinajstić information content (AvgIpc) is 3.32. The molecule has 0 aromatic heterocycles. The molecule has 4 nitrogen and oxygen atoms in total. The molecule has 0 radical (unpaired) electrons. The quantitative estimate of drug-likeness (QED) is 0.321. The van der Waals surface area contributed by atoms with E-state index in [-0.39, 0.29) is 35.5 Å². The van der Waals surface area contributed by atoms with Crippen LogP contribution >= 0.6 is 22.6 Å². The number of amides is 2. The summed E-state index contributed by atoms with van der Waals surface area (Å²) in [4.78, 5) is 25.5. The van der Waals surface area contributed by atoms with Gasteiger partial charge in [0.2, 0.25) is 0 Å². The van der Waals surface area contributed by atoms with Crippen LogP contribution in [0, 0.1) is 39.1 Å². The summed E-state index contributed by atoms with van der Waals surface area (Å²) in [6.07, 6.45) is 7.16.